The summed E-state index contributed by atoms with van der Waals surface area (Å²) in [5.74, 6) is 0.506. The van der Waals surface area contributed by atoms with Gasteiger partial charge in [0.15, 0.2) is 0 Å². The standard InChI is InChI=1S/C12H17N3O4/c1-9(2)8-13-6-5-10-3-4-11(14(16)17)7-12(10)15(18)19/h3-4,7,9,13H,5-6,8H2,1-2H3. The Bertz CT molecular complexity index is 474. The van der Waals surface area contributed by atoms with Gasteiger partial charge in [0.05, 0.1) is 15.9 Å². The first kappa shape index (κ1) is 15.0. The van der Waals surface area contributed by atoms with Crippen LogP contribution in [0.25, 0.3) is 0 Å². The summed E-state index contributed by atoms with van der Waals surface area (Å²) in [6, 6.07) is 3.76. The van der Waals surface area contributed by atoms with Crippen molar-refractivity contribution in [2.75, 3.05) is 13.1 Å². The van der Waals surface area contributed by atoms with Crippen LogP contribution in [-0.2, 0) is 6.42 Å². The van der Waals surface area contributed by atoms with Crippen molar-refractivity contribution in [3.05, 3.63) is 44.0 Å². The molecule has 0 radical (unpaired) electrons. The first-order chi connectivity index (χ1) is 8.91. The second-order valence-corrected chi connectivity index (χ2v) is 4.68. The highest BCUT2D eigenvalue weighted by atomic mass is 16.6. The van der Waals surface area contributed by atoms with Crippen molar-refractivity contribution in [1.29, 1.82) is 0 Å². The first-order valence-electron chi connectivity index (χ1n) is 6.04. The lowest BCUT2D eigenvalue weighted by atomic mass is 10.1. The number of rotatable bonds is 7. The number of nitrogens with zero attached hydrogens (tertiary/aromatic N) is 2. The predicted octanol–water partition coefficient (Wildman–Crippen LogP) is 2.29. The van der Waals surface area contributed by atoms with E-state index in [0.717, 1.165) is 12.6 Å². The molecule has 0 aromatic heterocycles. The minimum absolute atomic E-state index is 0.194. The molecular weight excluding hydrogens is 250 g/mol. The summed E-state index contributed by atoms with van der Waals surface area (Å²) < 4.78 is 0. The molecule has 0 bridgehead atoms. The van der Waals surface area contributed by atoms with Crippen molar-refractivity contribution in [2.24, 2.45) is 5.92 Å². The van der Waals surface area contributed by atoms with Crippen molar-refractivity contribution >= 4 is 11.4 Å². The Kier molecular flexibility index (Phi) is 5.37. The molecule has 1 rings (SSSR count). The second-order valence-electron chi connectivity index (χ2n) is 4.68. The van der Waals surface area contributed by atoms with E-state index in [1.54, 1.807) is 0 Å². The lowest BCUT2D eigenvalue weighted by molar-refractivity contribution is -0.394. The molecule has 0 aliphatic carbocycles. The summed E-state index contributed by atoms with van der Waals surface area (Å²) in [7, 11) is 0. The molecule has 1 aromatic carbocycles. The third-order valence-electron chi connectivity index (χ3n) is 2.60. The molecule has 0 fully saturated rings. The van der Waals surface area contributed by atoms with E-state index in [1.165, 1.54) is 12.1 Å². The van der Waals surface area contributed by atoms with Crippen LogP contribution in [0.4, 0.5) is 11.4 Å². The van der Waals surface area contributed by atoms with Gasteiger partial charge in [-0.2, -0.15) is 0 Å². The molecule has 19 heavy (non-hydrogen) atoms. The van der Waals surface area contributed by atoms with E-state index in [2.05, 4.69) is 19.2 Å². The van der Waals surface area contributed by atoms with E-state index in [-0.39, 0.29) is 11.4 Å². The van der Waals surface area contributed by atoms with E-state index in [9.17, 15) is 20.2 Å². The van der Waals surface area contributed by atoms with Crippen molar-refractivity contribution in [1.82, 2.24) is 5.32 Å². The highest BCUT2D eigenvalue weighted by molar-refractivity contribution is 5.49. The number of hydrogen-bond acceptors (Lipinski definition) is 5. The minimum Gasteiger partial charge on any atom is -0.316 e. The molecule has 7 nitrogen and oxygen atoms in total. The van der Waals surface area contributed by atoms with Crippen LogP contribution in [0.3, 0.4) is 0 Å². The largest absolute Gasteiger partial charge is 0.316 e. The predicted molar refractivity (Wildman–Crippen MR) is 71.2 cm³/mol. The van der Waals surface area contributed by atoms with Gasteiger partial charge in [-0.3, -0.25) is 20.2 Å². The molecule has 7 heteroatoms. The fourth-order valence-electron chi connectivity index (χ4n) is 1.66. The monoisotopic (exact) mass is 267 g/mol. The van der Waals surface area contributed by atoms with Crippen molar-refractivity contribution in [2.45, 2.75) is 20.3 Å². The fraction of sp³-hybridized carbons (Fsp3) is 0.500. The Labute approximate surface area is 110 Å². The van der Waals surface area contributed by atoms with Gasteiger partial charge in [-0.25, -0.2) is 0 Å². The molecule has 0 aliphatic heterocycles. The van der Waals surface area contributed by atoms with Gasteiger partial charge in [-0.15, -0.1) is 0 Å². The lowest BCUT2D eigenvalue weighted by Crippen LogP contribution is -2.22. The zero-order valence-electron chi connectivity index (χ0n) is 11.0. The SMILES string of the molecule is CC(C)CNCCc1ccc([N+](=O)[O-])cc1[N+](=O)[O-]. The summed E-state index contributed by atoms with van der Waals surface area (Å²) in [6.07, 6.45) is 0.473. The van der Waals surface area contributed by atoms with E-state index >= 15 is 0 Å². The Balaban J connectivity index is 2.77. The smallest absolute Gasteiger partial charge is 0.279 e. The maximum atomic E-state index is 10.9. The Morgan fingerprint density at radius 1 is 1.21 bits per heavy atom. The van der Waals surface area contributed by atoms with Gasteiger partial charge in [-0.1, -0.05) is 13.8 Å². The number of hydrogen-bond donors (Lipinski definition) is 1. The van der Waals surface area contributed by atoms with Gasteiger partial charge in [0.2, 0.25) is 0 Å². The molecule has 1 N–H and O–H groups in total. The van der Waals surface area contributed by atoms with Gasteiger partial charge in [0.1, 0.15) is 0 Å². The van der Waals surface area contributed by atoms with Gasteiger partial charge in [-0.05, 0) is 31.5 Å². The lowest BCUT2D eigenvalue weighted by Gasteiger charge is -2.07. The highest BCUT2D eigenvalue weighted by Gasteiger charge is 2.18. The molecule has 1 aromatic rings. The summed E-state index contributed by atoms with van der Waals surface area (Å²) >= 11 is 0. The van der Waals surface area contributed by atoms with Crippen LogP contribution in [-0.4, -0.2) is 22.9 Å². The summed E-state index contributed by atoms with van der Waals surface area (Å²) in [5, 5.41) is 24.7. The molecule has 0 saturated carbocycles. The summed E-state index contributed by atoms with van der Waals surface area (Å²) in [6.45, 7) is 5.58. The molecule has 104 valence electrons. The van der Waals surface area contributed by atoms with Crippen LogP contribution >= 0.6 is 0 Å². The molecule has 0 aliphatic rings. The molecule has 0 unspecified atom stereocenters. The van der Waals surface area contributed by atoms with E-state index in [1.807, 2.05) is 0 Å². The Hall–Kier alpha value is -2.02. The quantitative estimate of drug-likeness (QED) is 0.464. The zero-order chi connectivity index (χ0) is 14.4. The number of benzene rings is 1. The average Bonchev–Trinajstić information content (AvgIpc) is 2.34. The maximum absolute atomic E-state index is 10.9. The van der Waals surface area contributed by atoms with Gasteiger partial charge in [0.25, 0.3) is 11.4 Å². The fourth-order valence-corrected chi connectivity index (χ4v) is 1.66. The van der Waals surface area contributed by atoms with E-state index in [4.69, 9.17) is 0 Å². The number of non-ortho nitro benzene ring substituents is 1. The number of nitrogens with one attached hydrogen (secondary N) is 1. The highest BCUT2D eigenvalue weighted by Crippen LogP contribution is 2.24. The van der Waals surface area contributed by atoms with Crippen LogP contribution in [0.15, 0.2) is 18.2 Å². The van der Waals surface area contributed by atoms with Crippen LogP contribution in [0.1, 0.15) is 19.4 Å². The normalized spacial score (nSPS) is 10.7. The van der Waals surface area contributed by atoms with Crippen molar-refractivity contribution in [3.8, 4) is 0 Å². The van der Waals surface area contributed by atoms with E-state index < -0.39 is 9.85 Å². The second kappa shape index (κ2) is 6.79. The third kappa shape index (κ3) is 4.63. The zero-order valence-corrected chi connectivity index (χ0v) is 11.0. The molecule has 0 atom stereocenters. The van der Waals surface area contributed by atoms with Gasteiger partial charge < -0.3 is 5.32 Å². The molecule has 0 amide bonds. The number of nitro groups is 2. The van der Waals surface area contributed by atoms with Gasteiger partial charge in [0, 0.05) is 11.6 Å². The average molecular weight is 267 g/mol. The minimum atomic E-state index is -0.631. The van der Waals surface area contributed by atoms with Crippen LogP contribution in [0.5, 0.6) is 0 Å². The number of nitro benzene ring substituents is 2. The van der Waals surface area contributed by atoms with Crippen LogP contribution < -0.4 is 5.32 Å². The molecule has 0 spiro atoms. The molecular formula is C12H17N3O4. The summed E-state index contributed by atoms with van der Waals surface area (Å²) in [5.41, 5.74) is 0.0537. The Morgan fingerprint density at radius 3 is 2.42 bits per heavy atom. The van der Waals surface area contributed by atoms with Crippen LogP contribution in [0, 0.1) is 26.1 Å². The van der Waals surface area contributed by atoms with Crippen molar-refractivity contribution in [3.63, 3.8) is 0 Å². The molecule has 0 saturated heterocycles. The third-order valence-corrected chi connectivity index (χ3v) is 2.60. The first-order valence-corrected chi connectivity index (χ1v) is 6.04. The molecule has 0 heterocycles. The topological polar surface area (TPSA) is 98.3 Å². The Morgan fingerprint density at radius 2 is 1.89 bits per heavy atom. The van der Waals surface area contributed by atoms with Gasteiger partial charge >= 0.3 is 0 Å². The van der Waals surface area contributed by atoms with Crippen LogP contribution in [0.2, 0.25) is 0 Å². The maximum Gasteiger partial charge on any atom is 0.279 e. The van der Waals surface area contributed by atoms with E-state index in [0.29, 0.717) is 24.4 Å². The summed E-state index contributed by atoms with van der Waals surface area (Å²) in [4.78, 5) is 20.3. The van der Waals surface area contributed by atoms with Crippen molar-refractivity contribution < 1.29 is 9.85 Å².